The van der Waals surface area contributed by atoms with Crippen molar-refractivity contribution in [3.8, 4) is 22.6 Å². The zero-order chi connectivity index (χ0) is 13.8. The van der Waals surface area contributed by atoms with Crippen LogP contribution in [-0.2, 0) is 0 Å². The van der Waals surface area contributed by atoms with Crippen LogP contribution in [0.5, 0.6) is 11.5 Å². The van der Waals surface area contributed by atoms with Crippen molar-refractivity contribution in [2.75, 3.05) is 14.2 Å². The lowest BCUT2D eigenvalue weighted by molar-refractivity contribution is 0.356. The van der Waals surface area contributed by atoms with Crippen molar-refractivity contribution in [2.45, 2.75) is 0 Å². The van der Waals surface area contributed by atoms with E-state index in [0.29, 0.717) is 16.5 Å². The number of para-hydroxylation sites is 1. The number of benzene rings is 2. The molecule has 0 saturated carbocycles. The van der Waals surface area contributed by atoms with E-state index in [1.54, 1.807) is 20.3 Å². The molecule has 0 aliphatic heterocycles. The fourth-order valence-electron chi connectivity index (χ4n) is 2.05. The summed E-state index contributed by atoms with van der Waals surface area (Å²) in [6, 6.07) is 11.5. The molecule has 0 saturated heterocycles. The molecule has 2 aromatic rings. The van der Waals surface area contributed by atoms with Gasteiger partial charge in [-0.3, -0.25) is 0 Å². The topological polar surface area (TPSA) is 18.5 Å². The van der Waals surface area contributed by atoms with Crippen LogP contribution in [0.3, 0.4) is 0 Å². The van der Waals surface area contributed by atoms with Gasteiger partial charge in [-0.1, -0.05) is 42.5 Å². The average Bonchev–Trinajstić information content (AvgIpc) is 2.46. The number of ether oxygens (including phenoxy) is 2. The van der Waals surface area contributed by atoms with Crippen molar-refractivity contribution in [1.82, 2.24) is 0 Å². The molecule has 0 aliphatic carbocycles. The van der Waals surface area contributed by atoms with E-state index in [-0.39, 0.29) is 0 Å². The lowest BCUT2D eigenvalue weighted by atomic mass is 9.98. The standard InChI is InChI=1S/C16H15ClO2/c1-4-11-10-12(17)8-9-13(11)14-6-5-7-15(18-2)16(14)19-3/h4-10H,1H2,2-3H3. The third kappa shape index (κ3) is 2.59. The van der Waals surface area contributed by atoms with Crippen LogP contribution in [0.2, 0.25) is 5.02 Å². The molecule has 0 fully saturated rings. The van der Waals surface area contributed by atoms with Crippen LogP contribution >= 0.6 is 11.6 Å². The third-order valence-electron chi connectivity index (χ3n) is 2.93. The summed E-state index contributed by atoms with van der Waals surface area (Å²) in [6.07, 6.45) is 1.78. The molecule has 0 radical (unpaired) electrons. The minimum atomic E-state index is 0.681. The Morgan fingerprint density at radius 2 is 1.84 bits per heavy atom. The Morgan fingerprint density at radius 1 is 1.05 bits per heavy atom. The van der Waals surface area contributed by atoms with Gasteiger partial charge in [0.15, 0.2) is 11.5 Å². The Hall–Kier alpha value is -1.93. The van der Waals surface area contributed by atoms with E-state index in [9.17, 15) is 0 Å². The molecule has 3 heteroatoms. The van der Waals surface area contributed by atoms with Crippen molar-refractivity contribution in [3.05, 3.63) is 53.6 Å². The maximum Gasteiger partial charge on any atom is 0.168 e. The Kier molecular flexibility index (Phi) is 4.13. The van der Waals surface area contributed by atoms with E-state index in [2.05, 4.69) is 6.58 Å². The molecular weight excluding hydrogens is 260 g/mol. The van der Waals surface area contributed by atoms with Gasteiger partial charge in [0.2, 0.25) is 0 Å². The largest absolute Gasteiger partial charge is 0.493 e. The molecule has 0 unspecified atom stereocenters. The normalized spacial score (nSPS) is 10.1. The second kappa shape index (κ2) is 5.81. The monoisotopic (exact) mass is 274 g/mol. The quantitative estimate of drug-likeness (QED) is 0.807. The van der Waals surface area contributed by atoms with Gasteiger partial charge >= 0.3 is 0 Å². The first-order chi connectivity index (χ1) is 9.21. The molecule has 2 rings (SSSR count). The molecule has 0 aliphatic rings. The first-order valence-electron chi connectivity index (χ1n) is 5.84. The van der Waals surface area contributed by atoms with Crippen molar-refractivity contribution in [3.63, 3.8) is 0 Å². The molecule has 98 valence electrons. The van der Waals surface area contributed by atoms with Crippen LogP contribution in [0.25, 0.3) is 17.2 Å². The first kappa shape index (κ1) is 13.5. The van der Waals surface area contributed by atoms with Gasteiger partial charge in [-0.15, -0.1) is 0 Å². The molecular formula is C16H15ClO2. The summed E-state index contributed by atoms with van der Waals surface area (Å²) >= 11 is 6.01. The second-order valence-electron chi connectivity index (χ2n) is 3.98. The Balaban J connectivity index is 2.68. The highest BCUT2D eigenvalue weighted by Crippen LogP contribution is 2.39. The van der Waals surface area contributed by atoms with Gasteiger partial charge in [-0.05, 0) is 29.3 Å². The molecule has 0 aromatic heterocycles. The zero-order valence-electron chi connectivity index (χ0n) is 10.9. The number of hydrogen-bond donors (Lipinski definition) is 0. The van der Waals surface area contributed by atoms with E-state index in [1.165, 1.54) is 0 Å². The summed E-state index contributed by atoms with van der Waals surface area (Å²) in [4.78, 5) is 0. The van der Waals surface area contributed by atoms with Gasteiger partial charge in [0.1, 0.15) is 0 Å². The lowest BCUT2D eigenvalue weighted by Gasteiger charge is -2.14. The molecule has 0 bridgehead atoms. The highest BCUT2D eigenvalue weighted by molar-refractivity contribution is 6.30. The summed E-state index contributed by atoms with van der Waals surface area (Å²) in [6.45, 7) is 3.83. The number of rotatable bonds is 4. The molecule has 0 amide bonds. The predicted molar refractivity (Wildman–Crippen MR) is 80.1 cm³/mol. The summed E-state index contributed by atoms with van der Waals surface area (Å²) < 4.78 is 10.8. The molecule has 2 aromatic carbocycles. The Morgan fingerprint density at radius 3 is 2.47 bits per heavy atom. The van der Waals surface area contributed by atoms with Crippen LogP contribution in [0.15, 0.2) is 43.0 Å². The summed E-state index contributed by atoms with van der Waals surface area (Å²) in [5.41, 5.74) is 2.92. The van der Waals surface area contributed by atoms with Crippen molar-refractivity contribution >= 4 is 17.7 Å². The molecule has 0 N–H and O–H groups in total. The van der Waals surface area contributed by atoms with Crippen molar-refractivity contribution < 1.29 is 9.47 Å². The lowest BCUT2D eigenvalue weighted by Crippen LogP contribution is -1.94. The first-order valence-corrected chi connectivity index (χ1v) is 6.22. The van der Waals surface area contributed by atoms with Crippen molar-refractivity contribution in [1.29, 1.82) is 0 Å². The second-order valence-corrected chi connectivity index (χ2v) is 4.41. The van der Waals surface area contributed by atoms with E-state index in [1.807, 2.05) is 36.4 Å². The molecule has 0 spiro atoms. The van der Waals surface area contributed by atoms with Crippen LogP contribution in [0, 0.1) is 0 Å². The van der Waals surface area contributed by atoms with Gasteiger partial charge in [0.25, 0.3) is 0 Å². The van der Waals surface area contributed by atoms with E-state index < -0.39 is 0 Å². The summed E-state index contributed by atoms with van der Waals surface area (Å²) in [5, 5.41) is 0.681. The average molecular weight is 275 g/mol. The van der Waals surface area contributed by atoms with E-state index in [0.717, 1.165) is 16.7 Å². The molecule has 0 atom stereocenters. The highest BCUT2D eigenvalue weighted by Gasteiger charge is 2.13. The summed E-state index contributed by atoms with van der Waals surface area (Å²) in [7, 11) is 3.25. The SMILES string of the molecule is C=Cc1cc(Cl)ccc1-c1cccc(OC)c1OC. The number of methoxy groups -OCH3 is 2. The van der Waals surface area contributed by atoms with Crippen LogP contribution in [0.4, 0.5) is 0 Å². The third-order valence-corrected chi connectivity index (χ3v) is 3.16. The van der Waals surface area contributed by atoms with E-state index in [4.69, 9.17) is 21.1 Å². The maximum atomic E-state index is 6.01. The van der Waals surface area contributed by atoms with Crippen LogP contribution in [-0.4, -0.2) is 14.2 Å². The minimum Gasteiger partial charge on any atom is -0.493 e. The number of halogens is 1. The van der Waals surface area contributed by atoms with Crippen LogP contribution in [0.1, 0.15) is 5.56 Å². The predicted octanol–water partition coefficient (Wildman–Crippen LogP) is 4.67. The van der Waals surface area contributed by atoms with Gasteiger partial charge in [0.05, 0.1) is 14.2 Å². The highest BCUT2D eigenvalue weighted by atomic mass is 35.5. The molecule has 2 nitrogen and oxygen atoms in total. The number of hydrogen-bond acceptors (Lipinski definition) is 2. The van der Waals surface area contributed by atoms with Crippen molar-refractivity contribution in [2.24, 2.45) is 0 Å². The van der Waals surface area contributed by atoms with Gasteiger partial charge in [0, 0.05) is 10.6 Å². The van der Waals surface area contributed by atoms with Gasteiger partial charge in [-0.2, -0.15) is 0 Å². The van der Waals surface area contributed by atoms with Gasteiger partial charge in [-0.25, -0.2) is 0 Å². The Bertz CT molecular complexity index is 606. The fraction of sp³-hybridized carbons (Fsp3) is 0.125. The van der Waals surface area contributed by atoms with E-state index >= 15 is 0 Å². The molecule has 19 heavy (non-hydrogen) atoms. The Labute approximate surface area is 118 Å². The maximum absolute atomic E-state index is 6.01. The smallest absolute Gasteiger partial charge is 0.168 e. The van der Waals surface area contributed by atoms with Crippen LogP contribution < -0.4 is 9.47 Å². The minimum absolute atomic E-state index is 0.681. The summed E-state index contributed by atoms with van der Waals surface area (Å²) in [5.74, 6) is 1.40. The fourth-order valence-corrected chi connectivity index (χ4v) is 2.23. The zero-order valence-corrected chi connectivity index (χ0v) is 11.7. The van der Waals surface area contributed by atoms with Gasteiger partial charge < -0.3 is 9.47 Å². The molecule has 0 heterocycles.